The lowest BCUT2D eigenvalue weighted by Crippen LogP contribution is -1.93. The molecule has 2 nitrogen and oxygen atoms in total. The van der Waals surface area contributed by atoms with E-state index in [9.17, 15) is 4.39 Å². The lowest BCUT2D eigenvalue weighted by atomic mass is 10.1. The Hall–Kier alpha value is -1.35. The Bertz CT molecular complexity index is 522. The number of rotatable bonds is 3. The average Bonchev–Trinajstić information content (AvgIpc) is 2.73. The van der Waals surface area contributed by atoms with Gasteiger partial charge >= 0.3 is 0 Å². The smallest absolute Gasteiger partial charge is 0.198 e. The van der Waals surface area contributed by atoms with Gasteiger partial charge in [0.2, 0.25) is 0 Å². The summed E-state index contributed by atoms with van der Waals surface area (Å²) in [5, 5.41) is 0.123. The molecule has 4 heteroatoms. The first-order valence-corrected chi connectivity index (χ1v) is 5.83. The van der Waals surface area contributed by atoms with Crippen molar-refractivity contribution in [2.24, 2.45) is 0 Å². The molecule has 0 atom stereocenters. The molecule has 0 saturated heterocycles. The van der Waals surface area contributed by atoms with Crippen molar-refractivity contribution in [3.63, 3.8) is 0 Å². The van der Waals surface area contributed by atoms with Gasteiger partial charge in [-0.05, 0) is 11.6 Å². The van der Waals surface area contributed by atoms with Crippen LogP contribution in [0.3, 0.4) is 0 Å². The Labute approximate surface area is 104 Å². The van der Waals surface area contributed by atoms with Crippen LogP contribution in [0.2, 0.25) is 5.02 Å². The van der Waals surface area contributed by atoms with Crippen LogP contribution in [0.25, 0.3) is 0 Å². The summed E-state index contributed by atoms with van der Waals surface area (Å²) in [4.78, 5) is 4.13. The van der Waals surface area contributed by atoms with Crippen LogP contribution >= 0.6 is 11.6 Å². The number of oxazole rings is 1. The summed E-state index contributed by atoms with van der Waals surface area (Å²) in [5.41, 5.74) is 0.495. The highest BCUT2D eigenvalue weighted by Crippen LogP contribution is 2.22. The van der Waals surface area contributed by atoms with Crippen LogP contribution in [0.5, 0.6) is 0 Å². The van der Waals surface area contributed by atoms with Crippen LogP contribution in [0.1, 0.15) is 37.0 Å². The third kappa shape index (κ3) is 2.67. The fraction of sp³-hybridized carbons (Fsp3) is 0.308. The number of aromatic nitrogens is 1. The van der Waals surface area contributed by atoms with E-state index in [-0.39, 0.29) is 10.9 Å². The molecule has 0 N–H and O–H groups in total. The molecule has 0 spiro atoms. The molecule has 0 aliphatic rings. The van der Waals surface area contributed by atoms with Gasteiger partial charge in [-0.1, -0.05) is 37.6 Å². The van der Waals surface area contributed by atoms with E-state index in [2.05, 4.69) is 4.98 Å². The van der Waals surface area contributed by atoms with Crippen molar-refractivity contribution in [3.05, 3.63) is 52.5 Å². The number of hydrogen-bond donors (Lipinski definition) is 0. The van der Waals surface area contributed by atoms with Crippen LogP contribution in [0.15, 0.2) is 28.8 Å². The number of hydrogen-bond acceptors (Lipinski definition) is 2. The summed E-state index contributed by atoms with van der Waals surface area (Å²) in [6.45, 7) is 4.04. The quantitative estimate of drug-likeness (QED) is 0.820. The largest absolute Gasteiger partial charge is 0.445 e. The molecule has 0 unspecified atom stereocenters. The van der Waals surface area contributed by atoms with Crippen molar-refractivity contribution < 1.29 is 8.81 Å². The van der Waals surface area contributed by atoms with Gasteiger partial charge in [-0.25, -0.2) is 9.37 Å². The van der Waals surface area contributed by atoms with E-state index in [4.69, 9.17) is 16.0 Å². The summed E-state index contributed by atoms with van der Waals surface area (Å²) in [7, 11) is 0. The van der Waals surface area contributed by atoms with E-state index in [0.29, 0.717) is 17.9 Å². The lowest BCUT2D eigenvalue weighted by molar-refractivity contribution is 0.444. The standard InChI is InChI=1S/C13H13ClFNO/c1-8(2)11-7-16-12(17-11)6-9-4-3-5-10(14)13(9)15/h3-5,7-8H,6H2,1-2H3. The molecule has 0 aliphatic heterocycles. The molecule has 1 heterocycles. The zero-order chi connectivity index (χ0) is 12.4. The Morgan fingerprint density at radius 3 is 2.82 bits per heavy atom. The van der Waals surface area contributed by atoms with Crippen molar-refractivity contribution in [2.45, 2.75) is 26.2 Å². The van der Waals surface area contributed by atoms with Gasteiger partial charge < -0.3 is 4.42 Å². The molecule has 0 fully saturated rings. The average molecular weight is 254 g/mol. The van der Waals surface area contributed by atoms with Gasteiger partial charge in [-0.2, -0.15) is 0 Å². The SMILES string of the molecule is CC(C)c1cnc(Cc2cccc(Cl)c2F)o1. The van der Waals surface area contributed by atoms with Gasteiger partial charge in [0.15, 0.2) is 5.89 Å². The molecule has 0 aliphatic carbocycles. The Morgan fingerprint density at radius 1 is 1.41 bits per heavy atom. The number of nitrogens with zero attached hydrogens (tertiary/aromatic N) is 1. The zero-order valence-corrected chi connectivity index (χ0v) is 10.5. The Morgan fingerprint density at radius 2 is 2.18 bits per heavy atom. The second kappa shape index (κ2) is 4.88. The van der Waals surface area contributed by atoms with Crippen LogP contribution in [-0.4, -0.2) is 4.98 Å². The van der Waals surface area contributed by atoms with E-state index < -0.39 is 5.82 Å². The summed E-state index contributed by atoms with van der Waals surface area (Å²) in [6, 6.07) is 4.92. The van der Waals surface area contributed by atoms with Crippen molar-refractivity contribution in [2.75, 3.05) is 0 Å². The van der Waals surface area contributed by atoms with E-state index >= 15 is 0 Å². The van der Waals surface area contributed by atoms with Gasteiger partial charge in [0.1, 0.15) is 11.6 Å². The fourth-order valence-corrected chi connectivity index (χ4v) is 1.72. The van der Waals surface area contributed by atoms with Crippen molar-refractivity contribution in [1.29, 1.82) is 0 Å². The third-order valence-corrected chi connectivity index (χ3v) is 2.81. The summed E-state index contributed by atoms with van der Waals surface area (Å²) in [5.74, 6) is 1.19. The Balaban J connectivity index is 2.22. The van der Waals surface area contributed by atoms with Gasteiger partial charge in [0.05, 0.1) is 17.6 Å². The van der Waals surface area contributed by atoms with Crippen LogP contribution in [0.4, 0.5) is 4.39 Å². The molecule has 1 aromatic heterocycles. The van der Waals surface area contributed by atoms with E-state index in [1.54, 1.807) is 18.3 Å². The molecule has 0 saturated carbocycles. The molecule has 90 valence electrons. The van der Waals surface area contributed by atoms with E-state index in [1.165, 1.54) is 6.07 Å². The van der Waals surface area contributed by atoms with Crippen molar-refractivity contribution >= 4 is 11.6 Å². The minimum atomic E-state index is -0.404. The fourth-order valence-electron chi connectivity index (χ4n) is 1.52. The monoisotopic (exact) mass is 253 g/mol. The molecule has 0 amide bonds. The van der Waals surface area contributed by atoms with Gasteiger partial charge in [-0.3, -0.25) is 0 Å². The highest BCUT2D eigenvalue weighted by atomic mass is 35.5. The summed E-state index contributed by atoms with van der Waals surface area (Å²) < 4.78 is 19.2. The van der Waals surface area contributed by atoms with Gasteiger partial charge in [0.25, 0.3) is 0 Å². The van der Waals surface area contributed by atoms with Gasteiger partial charge in [-0.15, -0.1) is 0 Å². The molecule has 2 rings (SSSR count). The highest BCUT2D eigenvalue weighted by molar-refractivity contribution is 6.30. The molecule has 1 aromatic carbocycles. The van der Waals surface area contributed by atoms with Crippen molar-refractivity contribution in [1.82, 2.24) is 4.98 Å². The first-order valence-electron chi connectivity index (χ1n) is 5.45. The first-order chi connectivity index (χ1) is 8.08. The topological polar surface area (TPSA) is 26.0 Å². The normalized spacial score (nSPS) is 11.1. The van der Waals surface area contributed by atoms with Crippen LogP contribution < -0.4 is 0 Å². The second-order valence-corrected chi connectivity index (χ2v) is 4.61. The molecule has 2 aromatic rings. The highest BCUT2D eigenvalue weighted by Gasteiger charge is 2.11. The lowest BCUT2D eigenvalue weighted by Gasteiger charge is -2.02. The van der Waals surface area contributed by atoms with E-state index in [1.807, 2.05) is 13.8 Å². The predicted molar refractivity (Wildman–Crippen MR) is 64.8 cm³/mol. The third-order valence-electron chi connectivity index (χ3n) is 2.51. The first kappa shape index (κ1) is 12.1. The maximum atomic E-state index is 13.7. The minimum absolute atomic E-state index is 0.123. The predicted octanol–water partition coefficient (Wildman–Crippen LogP) is 4.18. The maximum Gasteiger partial charge on any atom is 0.198 e. The van der Waals surface area contributed by atoms with E-state index in [0.717, 1.165) is 5.76 Å². The van der Waals surface area contributed by atoms with Gasteiger partial charge in [0, 0.05) is 5.92 Å². The van der Waals surface area contributed by atoms with Crippen molar-refractivity contribution in [3.8, 4) is 0 Å². The Kier molecular flexibility index (Phi) is 3.48. The number of benzene rings is 1. The zero-order valence-electron chi connectivity index (χ0n) is 9.71. The molecule has 0 bridgehead atoms. The number of halogens is 2. The maximum absolute atomic E-state index is 13.7. The molecule has 0 radical (unpaired) electrons. The second-order valence-electron chi connectivity index (χ2n) is 4.20. The molecule has 17 heavy (non-hydrogen) atoms. The summed E-state index contributed by atoms with van der Waals surface area (Å²) >= 11 is 5.71. The summed E-state index contributed by atoms with van der Waals surface area (Å²) in [6.07, 6.45) is 2.00. The minimum Gasteiger partial charge on any atom is -0.445 e. The van der Waals surface area contributed by atoms with Crippen LogP contribution in [0, 0.1) is 5.82 Å². The van der Waals surface area contributed by atoms with Crippen LogP contribution in [-0.2, 0) is 6.42 Å². The molecular formula is C13H13ClFNO. The molecular weight excluding hydrogens is 241 g/mol.